The second-order valence-corrected chi connectivity index (χ2v) is 6.37. The molecule has 0 saturated heterocycles. The van der Waals surface area contributed by atoms with Crippen molar-refractivity contribution in [1.82, 2.24) is 4.98 Å². The van der Waals surface area contributed by atoms with Crippen molar-refractivity contribution in [2.24, 2.45) is 0 Å². The Bertz CT molecular complexity index is 939. The van der Waals surface area contributed by atoms with Crippen LogP contribution in [0.2, 0.25) is 0 Å². The van der Waals surface area contributed by atoms with Crippen LogP contribution < -0.4 is 15.0 Å². The van der Waals surface area contributed by atoms with Gasteiger partial charge in [0.2, 0.25) is 0 Å². The number of hydrogen-bond donors (Lipinski definition) is 1. The number of hydrogen-bond acceptors (Lipinski definition) is 4. The first-order valence-electron chi connectivity index (χ1n) is 9.45. The normalized spacial score (nSPS) is 10.4. The number of ether oxygens (including phenoxy) is 1. The van der Waals surface area contributed by atoms with Crippen LogP contribution in [-0.4, -0.2) is 24.0 Å². The van der Waals surface area contributed by atoms with Crippen molar-refractivity contribution in [3.63, 3.8) is 0 Å². The summed E-state index contributed by atoms with van der Waals surface area (Å²) in [6.45, 7) is 7.41. The summed E-state index contributed by atoms with van der Waals surface area (Å²) in [6, 6.07) is 19.4. The zero-order chi connectivity index (χ0) is 19.9. The standard InChI is InChI=1S/C23H25N3O2/c1-4-26(18-10-8-9-17(3)15-18)19-13-14-21(24-16-19)23(27)25-20-11-6-7-12-22(20)28-5-2/h6-16H,4-5H2,1-3H3,(H,25,27). The van der Waals surface area contributed by atoms with Gasteiger partial charge in [0.05, 0.1) is 24.2 Å². The fraction of sp³-hybridized carbons (Fsp3) is 0.217. The predicted octanol–water partition coefficient (Wildman–Crippen LogP) is 5.20. The van der Waals surface area contributed by atoms with Crippen LogP contribution in [0, 0.1) is 6.92 Å². The fourth-order valence-corrected chi connectivity index (χ4v) is 3.03. The van der Waals surface area contributed by atoms with Crippen LogP contribution in [-0.2, 0) is 0 Å². The molecule has 0 aliphatic heterocycles. The minimum Gasteiger partial charge on any atom is -0.492 e. The number of nitrogens with one attached hydrogen (secondary N) is 1. The number of amides is 1. The maximum atomic E-state index is 12.6. The molecule has 0 fully saturated rings. The Hall–Kier alpha value is -3.34. The Labute approximate surface area is 166 Å². The van der Waals surface area contributed by atoms with E-state index in [2.05, 4.69) is 47.2 Å². The average Bonchev–Trinajstić information content (AvgIpc) is 2.71. The quantitative estimate of drug-likeness (QED) is 0.617. The third-order valence-corrected chi connectivity index (χ3v) is 4.36. The highest BCUT2D eigenvalue weighted by atomic mass is 16.5. The Morgan fingerprint density at radius 3 is 2.54 bits per heavy atom. The first-order chi connectivity index (χ1) is 13.6. The van der Waals surface area contributed by atoms with Crippen LogP contribution in [0.3, 0.4) is 0 Å². The molecular weight excluding hydrogens is 350 g/mol. The average molecular weight is 375 g/mol. The molecule has 3 aromatic rings. The molecule has 5 heteroatoms. The molecule has 1 aromatic heterocycles. The lowest BCUT2D eigenvalue weighted by Gasteiger charge is -2.23. The highest BCUT2D eigenvalue weighted by Gasteiger charge is 2.13. The molecule has 1 amide bonds. The van der Waals surface area contributed by atoms with Gasteiger partial charge in [-0.15, -0.1) is 0 Å². The summed E-state index contributed by atoms with van der Waals surface area (Å²) in [5.74, 6) is 0.379. The van der Waals surface area contributed by atoms with Crippen molar-refractivity contribution in [1.29, 1.82) is 0 Å². The van der Waals surface area contributed by atoms with Gasteiger partial charge in [-0.25, -0.2) is 4.98 Å². The van der Waals surface area contributed by atoms with Gasteiger partial charge in [0.25, 0.3) is 5.91 Å². The second-order valence-electron chi connectivity index (χ2n) is 6.37. The SMILES string of the molecule is CCOc1ccccc1NC(=O)c1ccc(N(CC)c2cccc(C)c2)cn1. The van der Waals surface area contributed by atoms with Gasteiger partial charge in [-0.2, -0.15) is 0 Å². The largest absolute Gasteiger partial charge is 0.492 e. The smallest absolute Gasteiger partial charge is 0.274 e. The van der Waals surface area contributed by atoms with Gasteiger partial charge >= 0.3 is 0 Å². The number of anilines is 3. The highest BCUT2D eigenvalue weighted by Crippen LogP contribution is 2.26. The van der Waals surface area contributed by atoms with Crippen molar-refractivity contribution in [2.45, 2.75) is 20.8 Å². The number of aromatic nitrogens is 1. The number of benzene rings is 2. The fourth-order valence-electron chi connectivity index (χ4n) is 3.03. The molecule has 0 atom stereocenters. The van der Waals surface area contributed by atoms with Gasteiger partial charge in [0.15, 0.2) is 0 Å². The van der Waals surface area contributed by atoms with E-state index in [-0.39, 0.29) is 5.91 Å². The summed E-state index contributed by atoms with van der Waals surface area (Å²) in [5.41, 5.74) is 4.24. The molecule has 144 valence electrons. The summed E-state index contributed by atoms with van der Waals surface area (Å²) in [6.07, 6.45) is 1.73. The Balaban J connectivity index is 1.77. The minimum atomic E-state index is -0.266. The number of aryl methyl sites for hydroxylation is 1. The molecule has 3 rings (SSSR count). The second kappa shape index (κ2) is 9.04. The molecule has 0 saturated carbocycles. The monoisotopic (exact) mass is 375 g/mol. The van der Waals surface area contributed by atoms with E-state index in [0.29, 0.717) is 23.7 Å². The summed E-state index contributed by atoms with van der Waals surface area (Å²) in [4.78, 5) is 19.1. The Kier molecular flexibility index (Phi) is 6.27. The van der Waals surface area contributed by atoms with Crippen molar-refractivity contribution < 1.29 is 9.53 Å². The topological polar surface area (TPSA) is 54.5 Å². The van der Waals surface area contributed by atoms with Gasteiger partial charge in [-0.1, -0.05) is 24.3 Å². The summed E-state index contributed by atoms with van der Waals surface area (Å²) < 4.78 is 5.56. The molecule has 2 aromatic carbocycles. The Morgan fingerprint density at radius 2 is 1.86 bits per heavy atom. The minimum absolute atomic E-state index is 0.266. The molecule has 1 heterocycles. The Morgan fingerprint density at radius 1 is 1.04 bits per heavy atom. The number of para-hydroxylation sites is 2. The van der Waals surface area contributed by atoms with Crippen molar-refractivity contribution in [2.75, 3.05) is 23.4 Å². The van der Waals surface area contributed by atoms with Crippen LogP contribution in [0.1, 0.15) is 29.9 Å². The van der Waals surface area contributed by atoms with Crippen LogP contribution in [0.4, 0.5) is 17.1 Å². The molecule has 1 N–H and O–H groups in total. The molecule has 0 spiro atoms. The van der Waals surface area contributed by atoms with E-state index in [1.807, 2.05) is 43.3 Å². The lowest BCUT2D eigenvalue weighted by atomic mass is 10.2. The predicted molar refractivity (Wildman–Crippen MR) is 114 cm³/mol. The zero-order valence-electron chi connectivity index (χ0n) is 16.5. The molecule has 0 radical (unpaired) electrons. The van der Waals surface area contributed by atoms with Gasteiger partial charge in [0, 0.05) is 12.2 Å². The lowest BCUT2D eigenvalue weighted by Crippen LogP contribution is -2.18. The van der Waals surface area contributed by atoms with Gasteiger partial charge in [-0.05, 0) is 62.7 Å². The van der Waals surface area contributed by atoms with Crippen LogP contribution in [0.25, 0.3) is 0 Å². The van der Waals surface area contributed by atoms with Gasteiger partial charge < -0.3 is 15.0 Å². The number of carbonyl (C=O) groups excluding carboxylic acids is 1. The maximum absolute atomic E-state index is 12.6. The molecular formula is C23H25N3O2. The van der Waals surface area contributed by atoms with E-state index >= 15 is 0 Å². The van der Waals surface area contributed by atoms with E-state index in [0.717, 1.165) is 17.9 Å². The third kappa shape index (κ3) is 4.49. The van der Waals surface area contributed by atoms with Crippen LogP contribution in [0.5, 0.6) is 5.75 Å². The van der Waals surface area contributed by atoms with E-state index < -0.39 is 0 Å². The van der Waals surface area contributed by atoms with E-state index in [4.69, 9.17) is 4.74 Å². The van der Waals surface area contributed by atoms with Gasteiger partial charge in [0.1, 0.15) is 11.4 Å². The number of carbonyl (C=O) groups is 1. The van der Waals surface area contributed by atoms with E-state index in [1.165, 1.54) is 5.56 Å². The van der Waals surface area contributed by atoms with E-state index in [1.54, 1.807) is 12.3 Å². The van der Waals surface area contributed by atoms with Crippen molar-refractivity contribution in [3.05, 3.63) is 78.1 Å². The zero-order valence-corrected chi connectivity index (χ0v) is 16.5. The molecule has 0 aliphatic rings. The molecule has 28 heavy (non-hydrogen) atoms. The van der Waals surface area contributed by atoms with Crippen molar-refractivity contribution in [3.8, 4) is 5.75 Å². The van der Waals surface area contributed by atoms with Crippen LogP contribution >= 0.6 is 0 Å². The number of pyridine rings is 1. The molecule has 5 nitrogen and oxygen atoms in total. The third-order valence-electron chi connectivity index (χ3n) is 4.36. The molecule has 0 aliphatic carbocycles. The first-order valence-corrected chi connectivity index (χ1v) is 9.45. The van der Waals surface area contributed by atoms with Crippen LogP contribution in [0.15, 0.2) is 66.9 Å². The maximum Gasteiger partial charge on any atom is 0.274 e. The van der Waals surface area contributed by atoms with E-state index in [9.17, 15) is 4.79 Å². The highest BCUT2D eigenvalue weighted by molar-refractivity contribution is 6.03. The molecule has 0 bridgehead atoms. The molecule has 0 unspecified atom stereocenters. The van der Waals surface area contributed by atoms with Crippen molar-refractivity contribution >= 4 is 23.0 Å². The van der Waals surface area contributed by atoms with Gasteiger partial charge in [-0.3, -0.25) is 4.79 Å². The first kappa shape index (κ1) is 19.4. The summed E-state index contributed by atoms with van der Waals surface area (Å²) in [5, 5.41) is 2.87. The lowest BCUT2D eigenvalue weighted by molar-refractivity contribution is 0.102. The number of rotatable bonds is 7. The summed E-state index contributed by atoms with van der Waals surface area (Å²) in [7, 11) is 0. The number of nitrogens with zero attached hydrogens (tertiary/aromatic N) is 2. The summed E-state index contributed by atoms with van der Waals surface area (Å²) >= 11 is 0.